The average Bonchev–Trinajstić information content (AvgIpc) is 3.34. The van der Waals surface area contributed by atoms with E-state index in [9.17, 15) is 19.8 Å². The summed E-state index contributed by atoms with van der Waals surface area (Å²) in [6.07, 6.45) is -0.342. The van der Waals surface area contributed by atoms with E-state index in [4.69, 9.17) is 9.47 Å². The number of aliphatic hydroxyl groups excluding tert-OH is 2. The number of carbonyl (C=O) groups is 2. The molecular formula is C38H43F2NO6. The van der Waals surface area contributed by atoms with Gasteiger partial charge >= 0.3 is 0 Å². The first-order chi connectivity index (χ1) is 22.3. The Bertz CT molecular complexity index is 1660. The lowest BCUT2D eigenvalue weighted by Gasteiger charge is -2.63. The minimum absolute atomic E-state index is 0.0510. The Kier molecular flexibility index (Phi) is 7.67. The zero-order valence-electron chi connectivity index (χ0n) is 27.2. The van der Waals surface area contributed by atoms with Gasteiger partial charge in [-0.05, 0) is 73.1 Å². The van der Waals surface area contributed by atoms with Crippen LogP contribution in [0.2, 0.25) is 0 Å². The van der Waals surface area contributed by atoms with Gasteiger partial charge in [0.15, 0.2) is 23.5 Å². The molecule has 4 fully saturated rings. The van der Waals surface area contributed by atoms with Crippen LogP contribution in [0.1, 0.15) is 68.9 Å². The van der Waals surface area contributed by atoms with E-state index in [0.717, 1.165) is 16.8 Å². The number of benzene rings is 2. The molecule has 0 unspecified atom stereocenters. The summed E-state index contributed by atoms with van der Waals surface area (Å²) in [5.74, 6) is -2.90. The lowest BCUT2D eigenvalue weighted by molar-refractivity contribution is -0.307. The van der Waals surface area contributed by atoms with Gasteiger partial charge in [-0.1, -0.05) is 56.3 Å². The molecule has 1 heterocycles. The first-order valence-electron chi connectivity index (χ1n) is 16.6. The lowest BCUT2D eigenvalue weighted by atomic mass is 9.44. The number of halogens is 2. The quantitative estimate of drug-likeness (QED) is 0.366. The van der Waals surface area contributed by atoms with Crippen molar-refractivity contribution >= 4 is 17.3 Å². The fraction of sp³-hybridized carbons (Fsp3) is 0.526. The SMILES string of the molecule is CNc1cccc([C@@H](C)c2ccc([C@@H]3OC[C@@H]4C[C@H]5[C@@H]6C[C@H](F)C7=CC(=O)C=C[C@]7(C)[C@@]6(F)[C@@H](O)C[C@]5(C)[C@]4(C(=O)CO)O3)cc2)c1. The molecule has 0 spiro atoms. The Balaban J connectivity index is 1.22. The highest BCUT2D eigenvalue weighted by molar-refractivity contribution is 6.01. The second-order valence-electron chi connectivity index (χ2n) is 14.7. The van der Waals surface area contributed by atoms with Crippen LogP contribution in [0.4, 0.5) is 14.5 Å². The largest absolute Gasteiger partial charge is 0.390 e. The number of alkyl halides is 2. The number of Topliss-reactive ketones (excluding diaryl/α,β-unsaturated/α-hetero) is 1. The van der Waals surface area contributed by atoms with Crippen molar-refractivity contribution < 1.29 is 38.1 Å². The Morgan fingerprint density at radius 3 is 2.55 bits per heavy atom. The van der Waals surface area contributed by atoms with Gasteiger partial charge in [-0.15, -0.1) is 0 Å². The van der Waals surface area contributed by atoms with Crippen LogP contribution in [0.25, 0.3) is 0 Å². The van der Waals surface area contributed by atoms with Gasteiger partial charge in [0.25, 0.3) is 0 Å². The first-order valence-corrected chi connectivity index (χ1v) is 16.6. The number of rotatable bonds is 6. The lowest BCUT2D eigenvalue weighted by Crippen LogP contribution is -2.71. The molecule has 4 aliphatic carbocycles. The van der Waals surface area contributed by atoms with Crippen LogP contribution in [-0.2, 0) is 19.1 Å². The van der Waals surface area contributed by atoms with E-state index in [1.54, 1.807) is 6.92 Å². The van der Waals surface area contributed by atoms with Crippen LogP contribution in [0.3, 0.4) is 0 Å². The van der Waals surface area contributed by atoms with E-state index in [1.165, 1.54) is 18.2 Å². The predicted octanol–water partition coefficient (Wildman–Crippen LogP) is 5.77. The van der Waals surface area contributed by atoms with Gasteiger partial charge in [-0.3, -0.25) is 9.59 Å². The molecule has 47 heavy (non-hydrogen) atoms. The van der Waals surface area contributed by atoms with Gasteiger partial charge in [-0.25, -0.2) is 8.78 Å². The highest BCUT2D eigenvalue weighted by Gasteiger charge is 2.78. The second-order valence-corrected chi connectivity index (χ2v) is 14.7. The summed E-state index contributed by atoms with van der Waals surface area (Å²) in [5, 5.41) is 25.3. The Morgan fingerprint density at radius 1 is 1.11 bits per heavy atom. The van der Waals surface area contributed by atoms with Crippen molar-refractivity contribution in [1.29, 1.82) is 0 Å². The van der Waals surface area contributed by atoms with E-state index < -0.39 is 76.6 Å². The molecule has 250 valence electrons. The maximum Gasteiger partial charge on any atom is 0.190 e. The van der Waals surface area contributed by atoms with Crippen molar-refractivity contribution in [3.05, 3.63) is 89.0 Å². The van der Waals surface area contributed by atoms with Crippen LogP contribution in [0.5, 0.6) is 0 Å². The monoisotopic (exact) mass is 647 g/mol. The molecule has 2 aromatic carbocycles. The van der Waals surface area contributed by atoms with Crippen molar-refractivity contribution in [3.8, 4) is 0 Å². The fourth-order valence-electron chi connectivity index (χ4n) is 10.2. The summed E-state index contributed by atoms with van der Waals surface area (Å²) in [6, 6.07) is 16.0. The van der Waals surface area contributed by atoms with Crippen molar-refractivity contribution in [2.75, 3.05) is 25.6 Å². The number of aliphatic hydroxyl groups is 2. The number of hydrogen-bond donors (Lipinski definition) is 3. The Morgan fingerprint density at radius 2 is 1.85 bits per heavy atom. The maximum absolute atomic E-state index is 17.7. The topological polar surface area (TPSA) is 105 Å². The zero-order valence-corrected chi connectivity index (χ0v) is 27.2. The number of ether oxygens (including phenoxy) is 2. The van der Waals surface area contributed by atoms with Crippen LogP contribution in [0.15, 0.2) is 72.3 Å². The van der Waals surface area contributed by atoms with Crippen molar-refractivity contribution in [1.82, 2.24) is 0 Å². The normalized spacial score (nSPS) is 41.2. The first kappa shape index (κ1) is 32.3. The molecular weight excluding hydrogens is 604 g/mol. The molecule has 1 saturated heterocycles. The van der Waals surface area contributed by atoms with Gasteiger partial charge in [0, 0.05) is 46.9 Å². The molecule has 9 heteroatoms. The van der Waals surface area contributed by atoms with Gasteiger partial charge in [0.1, 0.15) is 18.4 Å². The number of carbonyl (C=O) groups excluding carboxylic acids is 2. The summed E-state index contributed by atoms with van der Waals surface area (Å²) < 4.78 is 46.6. The number of hydrogen-bond acceptors (Lipinski definition) is 7. The summed E-state index contributed by atoms with van der Waals surface area (Å²) in [4.78, 5) is 26.1. The molecule has 0 amide bonds. The van der Waals surface area contributed by atoms with E-state index in [-0.39, 0.29) is 30.9 Å². The molecule has 3 N–H and O–H groups in total. The van der Waals surface area contributed by atoms with E-state index in [0.29, 0.717) is 12.0 Å². The molecule has 0 aromatic heterocycles. The number of allylic oxidation sites excluding steroid dienone is 4. The molecule has 1 aliphatic heterocycles. The second kappa shape index (κ2) is 11.2. The smallest absolute Gasteiger partial charge is 0.190 e. The molecule has 7 nitrogen and oxygen atoms in total. The third-order valence-corrected chi connectivity index (χ3v) is 12.7. The van der Waals surface area contributed by atoms with Crippen LogP contribution in [0, 0.1) is 28.6 Å². The third kappa shape index (κ3) is 4.35. The van der Waals surface area contributed by atoms with Gasteiger partial charge in [0.2, 0.25) is 0 Å². The molecule has 5 aliphatic rings. The number of nitrogens with one attached hydrogen (secondary N) is 1. The summed E-state index contributed by atoms with van der Waals surface area (Å²) in [6.45, 7) is 4.83. The molecule has 3 saturated carbocycles. The van der Waals surface area contributed by atoms with Crippen LogP contribution in [-0.4, -0.2) is 65.6 Å². The van der Waals surface area contributed by atoms with Crippen molar-refractivity contribution in [2.45, 2.75) is 75.8 Å². The highest BCUT2D eigenvalue weighted by atomic mass is 19.1. The van der Waals surface area contributed by atoms with Gasteiger partial charge in [-0.2, -0.15) is 0 Å². The fourth-order valence-corrected chi connectivity index (χ4v) is 10.2. The van der Waals surface area contributed by atoms with E-state index in [1.807, 2.05) is 50.4 Å². The standard InChI is InChI=1S/C38H43F2NO6/c1-21(24-6-5-7-26(14-24)41-4)22-8-10-23(11-9-22)34-46-20-25-15-28-29-17-31(39)30-16-27(43)12-13-35(30,2)37(29,40)32(44)18-36(28,3)38(25,47-34)33(45)19-42/h5-14,16,21,25,28-29,31-32,34,41-42,44H,15,17-20H2,1-4H3/t21-,25-,28-,29-,31-,32-,34+,35-,36-,37-,38-/m0/s1. The molecule has 7 rings (SSSR count). The summed E-state index contributed by atoms with van der Waals surface area (Å²) in [7, 11) is 1.88. The summed E-state index contributed by atoms with van der Waals surface area (Å²) >= 11 is 0. The van der Waals surface area contributed by atoms with Crippen LogP contribution < -0.4 is 5.32 Å². The van der Waals surface area contributed by atoms with Crippen molar-refractivity contribution in [3.63, 3.8) is 0 Å². The van der Waals surface area contributed by atoms with E-state index >= 15 is 8.78 Å². The van der Waals surface area contributed by atoms with Gasteiger partial charge < -0.3 is 25.0 Å². The predicted molar refractivity (Wildman–Crippen MR) is 172 cm³/mol. The Labute approximate surface area is 274 Å². The molecule has 2 aromatic rings. The van der Waals surface area contributed by atoms with Crippen molar-refractivity contribution in [2.24, 2.45) is 28.6 Å². The van der Waals surface area contributed by atoms with Gasteiger partial charge in [0.05, 0.1) is 12.7 Å². The third-order valence-electron chi connectivity index (χ3n) is 12.7. The number of ketones is 2. The minimum atomic E-state index is -2.28. The molecule has 11 atom stereocenters. The molecule has 0 radical (unpaired) electrons. The highest BCUT2D eigenvalue weighted by Crippen LogP contribution is 2.72. The van der Waals surface area contributed by atoms with E-state index in [2.05, 4.69) is 24.4 Å². The zero-order chi connectivity index (χ0) is 33.5. The Hall–Kier alpha value is -3.24. The minimum Gasteiger partial charge on any atom is -0.390 e. The molecule has 0 bridgehead atoms. The maximum atomic E-state index is 17.7. The average molecular weight is 648 g/mol. The van der Waals surface area contributed by atoms with Crippen LogP contribution >= 0.6 is 0 Å². The number of anilines is 1. The number of fused-ring (bicyclic) bond motifs is 7. The summed E-state index contributed by atoms with van der Waals surface area (Å²) in [5.41, 5.74) is -2.52.